The Kier molecular flexibility index (Phi) is 3.44. The summed E-state index contributed by atoms with van der Waals surface area (Å²) in [6.07, 6.45) is 6.05. The van der Waals surface area contributed by atoms with Gasteiger partial charge in [-0.2, -0.15) is 0 Å². The lowest BCUT2D eigenvalue weighted by Crippen LogP contribution is -2.02. The predicted octanol–water partition coefficient (Wildman–Crippen LogP) is -0.572. The molecule has 0 aliphatic carbocycles. The number of hydrogen-bond donors (Lipinski definition) is 0. The van der Waals surface area contributed by atoms with Gasteiger partial charge < -0.3 is 0 Å². The van der Waals surface area contributed by atoms with E-state index < -0.39 is 0 Å². The molecule has 114 valence electrons. The lowest BCUT2D eigenvalue weighted by Gasteiger charge is -2.07. The van der Waals surface area contributed by atoms with E-state index in [1.807, 2.05) is 0 Å². The minimum Gasteiger partial charge on any atom is -0.139 e. The van der Waals surface area contributed by atoms with Crippen LogP contribution in [0.4, 0.5) is 0 Å². The van der Waals surface area contributed by atoms with Crippen LogP contribution in [0.1, 0.15) is 0 Å². The molecule has 0 aliphatic heterocycles. The van der Waals surface area contributed by atoms with Crippen LogP contribution in [0.3, 0.4) is 0 Å². The molecular formula is C12H6N12. The van der Waals surface area contributed by atoms with Crippen LogP contribution in [0.15, 0.2) is 36.9 Å². The van der Waals surface area contributed by atoms with Crippen LogP contribution in [0.25, 0.3) is 33.9 Å². The van der Waals surface area contributed by atoms with E-state index in [0.717, 1.165) is 0 Å². The summed E-state index contributed by atoms with van der Waals surface area (Å²) >= 11 is 0. The maximum Gasteiger partial charge on any atom is 0.126 e. The molecule has 4 aromatic heterocycles. The summed E-state index contributed by atoms with van der Waals surface area (Å²) in [5.74, 6) is 0. The summed E-state index contributed by atoms with van der Waals surface area (Å²) in [6.45, 7) is 0. The second-order valence-electron chi connectivity index (χ2n) is 4.40. The van der Waals surface area contributed by atoms with Gasteiger partial charge in [-0.3, -0.25) is 0 Å². The van der Waals surface area contributed by atoms with Gasteiger partial charge in [0.1, 0.15) is 22.8 Å². The number of hydrogen-bond acceptors (Lipinski definition) is 12. The largest absolute Gasteiger partial charge is 0.139 e. The monoisotopic (exact) mass is 318 g/mol. The van der Waals surface area contributed by atoms with E-state index in [4.69, 9.17) is 0 Å². The Balaban J connectivity index is 1.93. The zero-order valence-electron chi connectivity index (χ0n) is 11.8. The Morgan fingerprint density at radius 2 is 1.08 bits per heavy atom. The van der Waals surface area contributed by atoms with Gasteiger partial charge in [0.15, 0.2) is 0 Å². The minimum absolute atomic E-state index is 0.434. The van der Waals surface area contributed by atoms with Gasteiger partial charge in [0.05, 0.1) is 35.9 Å². The second kappa shape index (κ2) is 6.04. The van der Waals surface area contributed by atoms with Crippen molar-refractivity contribution in [3.63, 3.8) is 0 Å². The Morgan fingerprint density at radius 3 is 1.75 bits per heavy atom. The maximum absolute atomic E-state index is 4.09. The molecule has 24 heavy (non-hydrogen) atoms. The molecule has 0 N–H and O–H groups in total. The molecule has 0 saturated carbocycles. The van der Waals surface area contributed by atoms with E-state index in [2.05, 4.69) is 61.6 Å². The third-order valence-electron chi connectivity index (χ3n) is 3.06. The second-order valence-corrected chi connectivity index (χ2v) is 4.40. The molecule has 0 amide bonds. The molecule has 4 aromatic rings. The molecule has 0 aliphatic rings. The van der Waals surface area contributed by atoms with Crippen molar-refractivity contribution in [1.82, 2.24) is 61.6 Å². The summed E-state index contributed by atoms with van der Waals surface area (Å²) in [5.41, 5.74) is 3.04. The minimum atomic E-state index is 0.434. The van der Waals surface area contributed by atoms with E-state index in [0.29, 0.717) is 33.9 Å². The number of nitrogens with zero attached hydrogens (tertiary/aromatic N) is 12. The van der Waals surface area contributed by atoms with Gasteiger partial charge in [-0.05, 0) is 33.0 Å². The first-order chi connectivity index (χ1) is 11.9. The number of rotatable bonds is 3. The molecule has 4 heterocycles. The summed E-state index contributed by atoms with van der Waals surface area (Å²) < 4.78 is 0. The van der Waals surface area contributed by atoms with Gasteiger partial charge in [-0.1, -0.05) is 0 Å². The smallest absolute Gasteiger partial charge is 0.126 e. The molecule has 12 heteroatoms. The molecular weight excluding hydrogens is 312 g/mol. The summed E-state index contributed by atoms with van der Waals surface area (Å²) in [6, 6.07) is 3.34. The van der Waals surface area contributed by atoms with Crippen LogP contribution < -0.4 is 0 Å². The van der Waals surface area contributed by atoms with Gasteiger partial charge in [0.25, 0.3) is 0 Å². The molecule has 0 unspecified atom stereocenters. The number of aromatic nitrogens is 12. The van der Waals surface area contributed by atoms with Gasteiger partial charge in [-0.25, -0.2) is 0 Å². The third kappa shape index (κ3) is 2.47. The van der Waals surface area contributed by atoms with Crippen molar-refractivity contribution in [2.24, 2.45) is 0 Å². The van der Waals surface area contributed by atoms with E-state index in [1.54, 1.807) is 12.1 Å². The highest BCUT2D eigenvalue weighted by molar-refractivity contribution is 5.84. The fourth-order valence-corrected chi connectivity index (χ4v) is 2.04. The third-order valence-corrected chi connectivity index (χ3v) is 3.06. The molecule has 0 fully saturated rings. The Morgan fingerprint density at radius 1 is 0.500 bits per heavy atom. The molecule has 0 radical (unpaired) electrons. The summed E-state index contributed by atoms with van der Waals surface area (Å²) in [5, 5.41) is 45.6. The molecule has 0 atom stereocenters. The first-order valence-electron chi connectivity index (χ1n) is 6.60. The van der Waals surface area contributed by atoms with Crippen molar-refractivity contribution in [2.45, 2.75) is 0 Å². The fourth-order valence-electron chi connectivity index (χ4n) is 2.04. The average Bonchev–Trinajstić information content (AvgIpc) is 2.69. The Labute approximate surface area is 133 Å². The van der Waals surface area contributed by atoms with Crippen LogP contribution >= 0.6 is 0 Å². The van der Waals surface area contributed by atoms with Crippen molar-refractivity contribution in [1.29, 1.82) is 0 Å². The molecule has 4 rings (SSSR count). The zero-order chi connectivity index (χ0) is 16.2. The normalized spacial score (nSPS) is 10.5. The van der Waals surface area contributed by atoms with Crippen molar-refractivity contribution >= 4 is 0 Å². The quantitative estimate of drug-likeness (QED) is 0.474. The lowest BCUT2D eigenvalue weighted by atomic mass is 10.0. The van der Waals surface area contributed by atoms with E-state index in [9.17, 15) is 0 Å². The zero-order valence-corrected chi connectivity index (χ0v) is 11.8. The highest BCUT2D eigenvalue weighted by Gasteiger charge is 2.18. The van der Waals surface area contributed by atoms with Crippen molar-refractivity contribution in [3.8, 4) is 33.9 Å². The van der Waals surface area contributed by atoms with E-state index >= 15 is 0 Å². The molecule has 0 bridgehead atoms. The first kappa shape index (κ1) is 13.7. The molecule has 12 nitrogen and oxygen atoms in total. The molecule has 0 aromatic carbocycles. The van der Waals surface area contributed by atoms with Crippen molar-refractivity contribution < 1.29 is 0 Å². The van der Waals surface area contributed by atoms with Crippen molar-refractivity contribution in [2.75, 3.05) is 0 Å². The van der Waals surface area contributed by atoms with Crippen LogP contribution in [0.5, 0.6) is 0 Å². The maximum atomic E-state index is 4.09. The van der Waals surface area contributed by atoms with E-state index in [-0.39, 0.29) is 0 Å². The first-order valence-corrected chi connectivity index (χ1v) is 6.60. The SMILES string of the molecule is c1cc(-c2cnnnc2-c2cnnnc2-c2ccnnn2)nnn1. The van der Waals surface area contributed by atoms with Gasteiger partial charge >= 0.3 is 0 Å². The van der Waals surface area contributed by atoms with Crippen LogP contribution in [0, 0.1) is 0 Å². The van der Waals surface area contributed by atoms with Gasteiger partial charge in [-0.15, -0.1) is 40.8 Å². The standard InChI is InChI=1S/C12H6N12/c1-3-13-21-17-9(1)7-5-15-23-19-11(7)8-6-16-24-20-12(8)10-2-4-14-22-18-10/h1-6H. The van der Waals surface area contributed by atoms with Crippen LogP contribution in [-0.2, 0) is 0 Å². The van der Waals surface area contributed by atoms with Crippen LogP contribution in [-0.4, -0.2) is 61.6 Å². The molecule has 0 spiro atoms. The average molecular weight is 318 g/mol. The van der Waals surface area contributed by atoms with Crippen LogP contribution in [0.2, 0.25) is 0 Å². The predicted molar refractivity (Wildman–Crippen MR) is 76.3 cm³/mol. The Hall–Kier alpha value is -3.96. The lowest BCUT2D eigenvalue weighted by molar-refractivity contribution is 0.832. The van der Waals surface area contributed by atoms with Crippen molar-refractivity contribution in [3.05, 3.63) is 36.9 Å². The van der Waals surface area contributed by atoms with E-state index in [1.165, 1.54) is 24.8 Å². The topological polar surface area (TPSA) is 155 Å². The molecule has 0 saturated heterocycles. The van der Waals surface area contributed by atoms with Gasteiger partial charge in [0, 0.05) is 0 Å². The van der Waals surface area contributed by atoms with Gasteiger partial charge in [0.2, 0.25) is 0 Å². The highest BCUT2D eigenvalue weighted by Crippen LogP contribution is 2.31. The Bertz CT molecular complexity index is 881. The fraction of sp³-hybridized carbons (Fsp3) is 0. The summed E-state index contributed by atoms with van der Waals surface area (Å²) in [7, 11) is 0. The highest BCUT2D eigenvalue weighted by atomic mass is 15.3. The summed E-state index contributed by atoms with van der Waals surface area (Å²) in [4.78, 5) is 0.